The third-order valence-corrected chi connectivity index (χ3v) is 6.94. The van der Waals surface area contributed by atoms with Crippen LogP contribution in [0.5, 0.6) is 0 Å². The van der Waals surface area contributed by atoms with E-state index in [1.54, 1.807) is 11.8 Å². The van der Waals surface area contributed by atoms with Crippen LogP contribution in [0.15, 0.2) is 34.2 Å². The van der Waals surface area contributed by atoms with Crippen molar-refractivity contribution < 1.29 is 4.74 Å². The zero-order chi connectivity index (χ0) is 19.8. The Kier molecular flexibility index (Phi) is 5.32. The maximum absolute atomic E-state index is 13.2. The average Bonchev–Trinajstić information content (AvgIpc) is 2.77. The number of piperidine rings is 1. The minimum atomic E-state index is 0.192. The van der Waals surface area contributed by atoms with Gasteiger partial charge in [-0.2, -0.15) is 0 Å². The summed E-state index contributed by atoms with van der Waals surface area (Å²) in [6.45, 7) is 6.61. The van der Waals surface area contributed by atoms with Gasteiger partial charge in [-0.1, -0.05) is 6.07 Å². The Morgan fingerprint density at radius 3 is 2.86 bits per heavy atom. The van der Waals surface area contributed by atoms with Crippen molar-refractivity contribution in [2.24, 2.45) is 5.92 Å². The van der Waals surface area contributed by atoms with Crippen LogP contribution >= 0.6 is 11.8 Å². The molecular formula is C21H27N5O2S. The van der Waals surface area contributed by atoms with Gasteiger partial charge in [-0.05, 0) is 30.7 Å². The number of morpholine rings is 1. The van der Waals surface area contributed by atoms with Gasteiger partial charge in [0.05, 0.1) is 13.2 Å². The molecule has 2 saturated heterocycles. The van der Waals surface area contributed by atoms with E-state index in [1.165, 1.54) is 5.69 Å². The summed E-state index contributed by atoms with van der Waals surface area (Å²) in [5.41, 5.74) is 2.27. The molecule has 0 radical (unpaired) electrons. The Labute approximate surface area is 175 Å². The first kappa shape index (κ1) is 19.1. The maximum Gasteiger partial charge on any atom is 0.255 e. The summed E-state index contributed by atoms with van der Waals surface area (Å²) in [7, 11) is 0. The Morgan fingerprint density at radius 1 is 1.17 bits per heavy atom. The Balaban J connectivity index is 1.39. The molecule has 0 spiro atoms. The molecule has 2 aromatic rings. The molecule has 3 aliphatic heterocycles. The number of nitrogens with zero attached hydrogens (tertiary/aromatic N) is 5. The minimum Gasteiger partial charge on any atom is -0.379 e. The first-order chi connectivity index (χ1) is 14.2. The second-order valence-electron chi connectivity index (χ2n) is 8.19. The fourth-order valence-electron chi connectivity index (χ4n) is 4.87. The molecule has 5 heterocycles. The number of hydrogen-bond donors (Lipinski definition) is 0. The van der Waals surface area contributed by atoms with Crippen LogP contribution in [-0.2, 0) is 17.8 Å². The van der Waals surface area contributed by atoms with Crippen molar-refractivity contribution in [1.29, 1.82) is 0 Å². The van der Waals surface area contributed by atoms with Crippen LogP contribution < -0.4 is 10.5 Å². The lowest BCUT2D eigenvalue weighted by molar-refractivity contribution is 0.0339. The number of pyridine rings is 1. The number of aromatic nitrogens is 3. The van der Waals surface area contributed by atoms with Crippen LogP contribution in [0.4, 0.5) is 5.95 Å². The molecule has 0 amide bonds. The van der Waals surface area contributed by atoms with Crippen molar-refractivity contribution in [3.8, 4) is 0 Å². The highest BCUT2D eigenvalue weighted by Gasteiger charge is 2.36. The highest BCUT2D eigenvalue weighted by atomic mass is 32.2. The summed E-state index contributed by atoms with van der Waals surface area (Å²) in [5.74, 6) is 1.62. The van der Waals surface area contributed by atoms with Gasteiger partial charge in [-0.15, -0.1) is 11.8 Å². The molecule has 8 heteroatoms. The standard InChI is InChI=1S/C21H27N5O2S/c1-29-19-4-5-22-21(23-19)25-11-15-10-17(14-25)18-3-2-16(20(27)26(18)12-15)13-24-6-8-28-9-7-24/h2-5,15,17H,6-14H2,1H3/t15-,17+/m0/s1. The van der Waals surface area contributed by atoms with Crippen molar-refractivity contribution in [3.05, 3.63) is 46.0 Å². The van der Waals surface area contributed by atoms with Crippen LogP contribution in [0, 0.1) is 5.92 Å². The fraction of sp³-hybridized carbons (Fsp3) is 0.571. The molecule has 0 aromatic carbocycles. The molecule has 2 aromatic heterocycles. The molecule has 3 aliphatic rings. The normalized spacial score (nSPS) is 24.4. The van der Waals surface area contributed by atoms with E-state index in [1.807, 2.05) is 29.2 Å². The zero-order valence-corrected chi connectivity index (χ0v) is 17.6. The van der Waals surface area contributed by atoms with E-state index < -0.39 is 0 Å². The van der Waals surface area contributed by atoms with Crippen LogP contribution in [0.25, 0.3) is 0 Å². The van der Waals surface area contributed by atoms with Gasteiger partial charge in [0.2, 0.25) is 5.95 Å². The molecular weight excluding hydrogens is 386 g/mol. The highest BCUT2D eigenvalue weighted by molar-refractivity contribution is 7.98. The molecule has 7 nitrogen and oxygen atoms in total. The molecule has 154 valence electrons. The van der Waals surface area contributed by atoms with Gasteiger partial charge in [0, 0.05) is 62.6 Å². The topological polar surface area (TPSA) is 63.5 Å². The molecule has 29 heavy (non-hydrogen) atoms. The van der Waals surface area contributed by atoms with Crippen molar-refractivity contribution in [3.63, 3.8) is 0 Å². The van der Waals surface area contributed by atoms with Gasteiger partial charge >= 0.3 is 0 Å². The number of rotatable bonds is 4. The quantitative estimate of drug-likeness (QED) is 0.560. The molecule has 0 aliphatic carbocycles. The van der Waals surface area contributed by atoms with Gasteiger partial charge in [0.25, 0.3) is 5.56 Å². The summed E-state index contributed by atoms with van der Waals surface area (Å²) in [6.07, 6.45) is 5.02. The third-order valence-electron chi connectivity index (χ3n) is 6.29. The second-order valence-corrected chi connectivity index (χ2v) is 9.02. The molecule has 0 N–H and O–H groups in total. The third kappa shape index (κ3) is 3.81. The lowest BCUT2D eigenvalue weighted by Gasteiger charge is -2.43. The SMILES string of the molecule is CSc1ccnc(N2C[C@@H]3C[C@H](C2)c2ccc(CN4CCOCC4)c(=O)n2C3)n1. The van der Waals surface area contributed by atoms with E-state index >= 15 is 0 Å². The van der Waals surface area contributed by atoms with Crippen LogP contribution in [-0.4, -0.2) is 65.1 Å². The smallest absolute Gasteiger partial charge is 0.255 e. The maximum atomic E-state index is 13.2. The lowest BCUT2D eigenvalue weighted by atomic mass is 9.83. The monoisotopic (exact) mass is 413 g/mol. The molecule has 2 atom stereocenters. The van der Waals surface area contributed by atoms with Gasteiger partial charge in [-0.25, -0.2) is 9.97 Å². The summed E-state index contributed by atoms with van der Waals surface area (Å²) >= 11 is 1.64. The number of fused-ring (bicyclic) bond motifs is 4. The number of thioether (sulfide) groups is 1. The first-order valence-corrected chi connectivity index (χ1v) is 11.6. The predicted octanol–water partition coefficient (Wildman–Crippen LogP) is 1.82. The molecule has 0 saturated carbocycles. The van der Waals surface area contributed by atoms with Crippen molar-refractivity contribution >= 4 is 17.7 Å². The summed E-state index contributed by atoms with van der Waals surface area (Å²) in [5, 5.41) is 0.995. The fourth-order valence-corrected chi connectivity index (χ4v) is 5.24. The minimum absolute atomic E-state index is 0.192. The van der Waals surface area contributed by atoms with Gasteiger partial charge in [0.1, 0.15) is 5.03 Å². The summed E-state index contributed by atoms with van der Waals surface area (Å²) < 4.78 is 7.48. The lowest BCUT2D eigenvalue weighted by Crippen LogP contribution is -2.48. The van der Waals surface area contributed by atoms with Gasteiger partial charge in [0.15, 0.2) is 0 Å². The molecule has 2 fully saturated rings. The molecule has 5 rings (SSSR count). The number of ether oxygens (including phenoxy) is 1. The van der Waals surface area contributed by atoms with Crippen molar-refractivity contribution in [1.82, 2.24) is 19.4 Å². The first-order valence-electron chi connectivity index (χ1n) is 10.4. The average molecular weight is 414 g/mol. The summed E-state index contributed by atoms with van der Waals surface area (Å²) in [4.78, 5) is 27.0. The Hall–Kier alpha value is -1.90. The van der Waals surface area contributed by atoms with Crippen molar-refractivity contribution in [2.75, 3.05) is 50.5 Å². The van der Waals surface area contributed by atoms with Crippen LogP contribution in [0.2, 0.25) is 0 Å². The zero-order valence-electron chi connectivity index (χ0n) is 16.8. The van der Waals surface area contributed by atoms with Gasteiger partial charge < -0.3 is 14.2 Å². The van der Waals surface area contributed by atoms with Crippen LogP contribution in [0.1, 0.15) is 23.6 Å². The van der Waals surface area contributed by atoms with E-state index in [4.69, 9.17) is 4.74 Å². The Morgan fingerprint density at radius 2 is 2.03 bits per heavy atom. The highest BCUT2D eigenvalue weighted by Crippen LogP contribution is 2.36. The second kappa shape index (κ2) is 8.08. The van der Waals surface area contributed by atoms with Crippen molar-refractivity contribution in [2.45, 2.75) is 30.5 Å². The Bertz CT molecular complexity index is 943. The van der Waals surface area contributed by atoms with E-state index in [2.05, 4.69) is 25.8 Å². The summed E-state index contributed by atoms with van der Waals surface area (Å²) in [6, 6.07) is 6.18. The van der Waals surface area contributed by atoms with E-state index in [0.29, 0.717) is 11.8 Å². The number of anilines is 1. The molecule has 2 bridgehead atoms. The van der Waals surface area contributed by atoms with Gasteiger partial charge in [-0.3, -0.25) is 9.69 Å². The number of hydrogen-bond acceptors (Lipinski definition) is 7. The van der Waals surface area contributed by atoms with E-state index in [0.717, 1.165) is 75.4 Å². The molecule has 0 unspecified atom stereocenters. The van der Waals surface area contributed by atoms with Crippen LogP contribution in [0.3, 0.4) is 0 Å². The largest absolute Gasteiger partial charge is 0.379 e. The van der Waals surface area contributed by atoms with E-state index in [9.17, 15) is 4.79 Å². The predicted molar refractivity (Wildman–Crippen MR) is 114 cm³/mol. The van der Waals surface area contributed by atoms with E-state index in [-0.39, 0.29) is 5.56 Å².